The Morgan fingerprint density at radius 1 is 0.862 bits per heavy atom. The first-order chi connectivity index (χ1) is 14.2. The molecule has 2 aromatic carbocycles. The van der Waals surface area contributed by atoms with Gasteiger partial charge in [-0.2, -0.15) is 0 Å². The molecule has 0 aliphatic carbocycles. The Morgan fingerprint density at radius 3 is 2.17 bits per heavy atom. The van der Waals surface area contributed by atoms with Gasteiger partial charge in [-0.1, -0.05) is 17.3 Å². The van der Waals surface area contributed by atoms with Crippen molar-refractivity contribution < 1.29 is 19.4 Å². The molecule has 0 unspecified atom stereocenters. The highest BCUT2D eigenvalue weighted by molar-refractivity contribution is 6.13. The average molecular weight is 392 g/mol. The summed E-state index contributed by atoms with van der Waals surface area (Å²) in [6.45, 7) is 0. The first-order valence-corrected chi connectivity index (χ1v) is 9.21. The first-order valence-electron chi connectivity index (χ1n) is 9.21. The molecule has 0 radical (unpaired) electrons. The van der Waals surface area contributed by atoms with Crippen LogP contribution in [0.15, 0.2) is 66.1 Å². The van der Waals surface area contributed by atoms with E-state index in [0.717, 1.165) is 34.4 Å². The number of aromatic nitrogens is 1. The fourth-order valence-corrected chi connectivity index (χ4v) is 3.30. The average Bonchev–Trinajstić information content (AvgIpc) is 2.79. The normalized spacial score (nSPS) is 11.2. The molecule has 3 aromatic rings. The maximum atomic E-state index is 9.77. The van der Waals surface area contributed by atoms with Crippen LogP contribution in [0.1, 0.15) is 22.3 Å². The lowest BCUT2D eigenvalue weighted by Crippen LogP contribution is -2.10. The van der Waals surface area contributed by atoms with E-state index in [9.17, 15) is 5.21 Å². The molecule has 3 rings (SSSR count). The van der Waals surface area contributed by atoms with E-state index < -0.39 is 0 Å². The first kappa shape index (κ1) is 20.2. The highest BCUT2D eigenvalue weighted by Crippen LogP contribution is 2.35. The summed E-state index contributed by atoms with van der Waals surface area (Å²) >= 11 is 0. The Morgan fingerprint density at radius 2 is 1.59 bits per heavy atom. The Labute approximate surface area is 170 Å². The van der Waals surface area contributed by atoms with Gasteiger partial charge in [0.05, 0.1) is 21.3 Å². The van der Waals surface area contributed by atoms with Crippen LogP contribution in [0, 0.1) is 0 Å². The predicted molar refractivity (Wildman–Crippen MR) is 112 cm³/mol. The zero-order valence-electron chi connectivity index (χ0n) is 16.8. The highest BCUT2D eigenvalue weighted by Gasteiger charge is 2.20. The van der Waals surface area contributed by atoms with Crippen LogP contribution in [-0.4, -0.2) is 37.2 Å². The van der Waals surface area contributed by atoms with E-state index in [4.69, 9.17) is 14.2 Å². The molecule has 0 saturated heterocycles. The summed E-state index contributed by atoms with van der Waals surface area (Å²) in [6.07, 6.45) is 4.78. The van der Waals surface area contributed by atoms with Crippen molar-refractivity contribution in [2.24, 2.45) is 5.16 Å². The Hall–Kier alpha value is -3.54. The van der Waals surface area contributed by atoms with Gasteiger partial charge in [0.2, 0.25) is 0 Å². The summed E-state index contributed by atoms with van der Waals surface area (Å²) < 4.78 is 16.4. The van der Waals surface area contributed by atoms with Gasteiger partial charge >= 0.3 is 0 Å². The monoisotopic (exact) mass is 392 g/mol. The van der Waals surface area contributed by atoms with Crippen molar-refractivity contribution in [1.82, 2.24) is 4.98 Å². The zero-order valence-corrected chi connectivity index (χ0v) is 16.8. The second kappa shape index (κ2) is 9.59. The van der Waals surface area contributed by atoms with Gasteiger partial charge in [-0.15, -0.1) is 0 Å². The van der Waals surface area contributed by atoms with Gasteiger partial charge in [0.25, 0.3) is 0 Å². The number of nitrogens with zero attached hydrogens (tertiary/aromatic N) is 2. The van der Waals surface area contributed by atoms with Crippen molar-refractivity contribution in [2.45, 2.75) is 12.8 Å². The van der Waals surface area contributed by atoms with Crippen LogP contribution in [0.25, 0.3) is 0 Å². The standard InChI is InChI=1S/C23H24N2O4/c1-27-18-7-4-16(5-8-18)6-9-20-19(10-11-21(28-2)23(20)29-3)22(25-26)17-12-14-24-15-13-17/h4-5,7-8,10-15,26H,6,9H2,1-3H3. The molecule has 1 heterocycles. The van der Waals surface area contributed by atoms with E-state index in [1.807, 2.05) is 36.4 Å². The molecule has 6 nitrogen and oxygen atoms in total. The summed E-state index contributed by atoms with van der Waals surface area (Å²) in [5.41, 5.74) is 4.07. The molecule has 0 aliphatic rings. The number of oxime groups is 1. The second-order valence-electron chi connectivity index (χ2n) is 6.36. The number of hydrogen-bond donors (Lipinski definition) is 1. The molecule has 0 bridgehead atoms. The smallest absolute Gasteiger partial charge is 0.164 e. The lowest BCUT2D eigenvalue weighted by atomic mass is 9.93. The number of benzene rings is 2. The lowest BCUT2D eigenvalue weighted by molar-refractivity contribution is 0.319. The van der Waals surface area contributed by atoms with Crippen LogP contribution in [0.2, 0.25) is 0 Å². The molecule has 0 spiro atoms. The minimum absolute atomic E-state index is 0.457. The highest BCUT2D eigenvalue weighted by atomic mass is 16.5. The second-order valence-corrected chi connectivity index (χ2v) is 6.36. The summed E-state index contributed by atoms with van der Waals surface area (Å²) in [6, 6.07) is 15.3. The number of aryl methyl sites for hydroxylation is 1. The van der Waals surface area contributed by atoms with Crippen LogP contribution < -0.4 is 14.2 Å². The fraction of sp³-hybridized carbons (Fsp3) is 0.217. The SMILES string of the molecule is COc1ccc(CCc2c(C(=NO)c3ccncc3)ccc(OC)c2OC)cc1. The minimum atomic E-state index is 0.457. The quantitative estimate of drug-likeness (QED) is 0.355. The van der Waals surface area contributed by atoms with Crippen LogP contribution in [0.5, 0.6) is 17.2 Å². The van der Waals surface area contributed by atoms with Crippen molar-refractivity contribution in [2.75, 3.05) is 21.3 Å². The van der Waals surface area contributed by atoms with Gasteiger partial charge < -0.3 is 19.4 Å². The number of ether oxygens (including phenoxy) is 3. The molecular weight excluding hydrogens is 368 g/mol. The molecule has 0 amide bonds. The maximum Gasteiger partial charge on any atom is 0.164 e. The lowest BCUT2D eigenvalue weighted by Gasteiger charge is -2.18. The van der Waals surface area contributed by atoms with Gasteiger partial charge in [0, 0.05) is 29.1 Å². The van der Waals surface area contributed by atoms with Crippen LogP contribution in [-0.2, 0) is 12.8 Å². The van der Waals surface area contributed by atoms with E-state index in [-0.39, 0.29) is 0 Å². The molecule has 0 saturated carbocycles. The van der Waals surface area contributed by atoms with Gasteiger partial charge in [0.1, 0.15) is 11.5 Å². The van der Waals surface area contributed by atoms with Crippen molar-refractivity contribution >= 4 is 5.71 Å². The zero-order chi connectivity index (χ0) is 20.6. The van der Waals surface area contributed by atoms with Crippen LogP contribution >= 0.6 is 0 Å². The third kappa shape index (κ3) is 4.48. The molecule has 0 aliphatic heterocycles. The number of rotatable bonds is 8. The summed E-state index contributed by atoms with van der Waals surface area (Å²) in [7, 11) is 4.87. The number of pyridine rings is 1. The summed E-state index contributed by atoms with van der Waals surface area (Å²) in [4.78, 5) is 4.04. The number of methoxy groups -OCH3 is 3. The van der Waals surface area contributed by atoms with Crippen molar-refractivity contribution in [3.63, 3.8) is 0 Å². The van der Waals surface area contributed by atoms with E-state index in [1.165, 1.54) is 0 Å². The third-order valence-corrected chi connectivity index (χ3v) is 4.78. The van der Waals surface area contributed by atoms with Crippen molar-refractivity contribution in [3.8, 4) is 17.2 Å². The van der Waals surface area contributed by atoms with Gasteiger partial charge in [0.15, 0.2) is 11.5 Å². The van der Waals surface area contributed by atoms with Crippen LogP contribution in [0.4, 0.5) is 0 Å². The molecule has 29 heavy (non-hydrogen) atoms. The van der Waals surface area contributed by atoms with Gasteiger partial charge in [-0.05, 0) is 54.8 Å². The molecule has 0 fully saturated rings. The van der Waals surface area contributed by atoms with E-state index in [2.05, 4.69) is 10.1 Å². The van der Waals surface area contributed by atoms with E-state index >= 15 is 0 Å². The van der Waals surface area contributed by atoms with Crippen molar-refractivity contribution in [3.05, 3.63) is 83.2 Å². The van der Waals surface area contributed by atoms with E-state index in [1.54, 1.807) is 45.9 Å². The third-order valence-electron chi connectivity index (χ3n) is 4.78. The molecule has 150 valence electrons. The summed E-state index contributed by atoms with van der Waals surface area (Å²) in [5, 5.41) is 13.3. The molecular formula is C23H24N2O4. The Bertz CT molecular complexity index is 970. The maximum absolute atomic E-state index is 9.77. The minimum Gasteiger partial charge on any atom is -0.497 e. The predicted octanol–water partition coefficient (Wildman–Crippen LogP) is 4.12. The fourth-order valence-electron chi connectivity index (χ4n) is 3.30. The van der Waals surface area contributed by atoms with Gasteiger partial charge in [-0.3, -0.25) is 4.98 Å². The molecule has 6 heteroatoms. The molecule has 0 atom stereocenters. The molecule has 1 aromatic heterocycles. The largest absolute Gasteiger partial charge is 0.497 e. The van der Waals surface area contributed by atoms with Crippen LogP contribution in [0.3, 0.4) is 0 Å². The molecule has 1 N–H and O–H groups in total. The van der Waals surface area contributed by atoms with Gasteiger partial charge in [-0.25, -0.2) is 0 Å². The summed E-state index contributed by atoms with van der Waals surface area (Å²) in [5.74, 6) is 2.09. The van der Waals surface area contributed by atoms with E-state index in [0.29, 0.717) is 23.6 Å². The Balaban J connectivity index is 2.02. The Kier molecular flexibility index (Phi) is 6.68. The van der Waals surface area contributed by atoms with Crippen molar-refractivity contribution in [1.29, 1.82) is 0 Å². The topological polar surface area (TPSA) is 73.2 Å². The number of hydrogen-bond acceptors (Lipinski definition) is 6.